The summed E-state index contributed by atoms with van der Waals surface area (Å²) in [5, 5.41) is 14.1. The molecule has 2 rings (SSSR count). The van der Waals surface area contributed by atoms with E-state index in [2.05, 4.69) is 15.5 Å². The van der Waals surface area contributed by atoms with Crippen molar-refractivity contribution in [2.45, 2.75) is 6.42 Å². The van der Waals surface area contributed by atoms with E-state index in [0.717, 1.165) is 5.56 Å². The zero-order valence-electron chi connectivity index (χ0n) is 10.7. The molecule has 0 fully saturated rings. The summed E-state index contributed by atoms with van der Waals surface area (Å²) in [5.41, 5.74) is 7.23. The molecule has 0 aliphatic carbocycles. The van der Waals surface area contributed by atoms with Gasteiger partial charge in [0.1, 0.15) is 5.69 Å². The van der Waals surface area contributed by atoms with Crippen molar-refractivity contribution >= 4 is 17.4 Å². The standard InChI is InChI=1S/C14H14N4O2/c15-14(18-20)12-7-6-11(9-16-12)17-13(19)8-10-4-2-1-3-5-10/h1-7,9,20H,8H2,(H2,15,18)(H,17,19). The molecular formula is C14H14N4O2. The molecule has 4 N–H and O–H groups in total. The normalized spacial score (nSPS) is 11.1. The summed E-state index contributed by atoms with van der Waals surface area (Å²) >= 11 is 0. The van der Waals surface area contributed by atoms with Gasteiger partial charge in [0.2, 0.25) is 5.91 Å². The van der Waals surface area contributed by atoms with Crippen molar-refractivity contribution in [2.75, 3.05) is 5.32 Å². The van der Waals surface area contributed by atoms with Gasteiger partial charge in [-0.15, -0.1) is 0 Å². The van der Waals surface area contributed by atoms with E-state index in [4.69, 9.17) is 10.9 Å². The molecule has 102 valence electrons. The maximum absolute atomic E-state index is 11.8. The molecule has 6 nitrogen and oxygen atoms in total. The average molecular weight is 270 g/mol. The summed E-state index contributed by atoms with van der Waals surface area (Å²) in [4.78, 5) is 15.8. The molecule has 0 aliphatic rings. The van der Waals surface area contributed by atoms with Crippen LogP contribution in [-0.4, -0.2) is 21.9 Å². The number of oxime groups is 1. The monoisotopic (exact) mass is 270 g/mol. The van der Waals surface area contributed by atoms with Crippen molar-refractivity contribution in [3.8, 4) is 0 Å². The van der Waals surface area contributed by atoms with Crippen LogP contribution in [0.25, 0.3) is 0 Å². The average Bonchev–Trinajstić information content (AvgIpc) is 2.48. The highest BCUT2D eigenvalue weighted by Gasteiger charge is 2.05. The number of hydrogen-bond donors (Lipinski definition) is 3. The molecule has 0 unspecified atom stereocenters. The fourth-order valence-corrected chi connectivity index (χ4v) is 1.66. The number of amidine groups is 1. The summed E-state index contributed by atoms with van der Waals surface area (Å²) < 4.78 is 0. The minimum atomic E-state index is -0.130. The van der Waals surface area contributed by atoms with Gasteiger partial charge in [-0.1, -0.05) is 35.5 Å². The van der Waals surface area contributed by atoms with Gasteiger partial charge in [0.05, 0.1) is 18.3 Å². The third kappa shape index (κ3) is 3.55. The number of pyridine rings is 1. The molecule has 0 bridgehead atoms. The first-order valence-electron chi connectivity index (χ1n) is 5.97. The smallest absolute Gasteiger partial charge is 0.228 e. The number of rotatable bonds is 4. The maximum Gasteiger partial charge on any atom is 0.228 e. The molecular weight excluding hydrogens is 256 g/mol. The number of carbonyl (C=O) groups excluding carboxylic acids is 1. The number of nitrogens with two attached hydrogens (primary N) is 1. The number of amides is 1. The van der Waals surface area contributed by atoms with E-state index in [9.17, 15) is 4.79 Å². The number of nitrogens with one attached hydrogen (secondary N) is 1. The summed E-state index contributed by atoms with van der Waals surface area (Å²) in [5.74, 6) is -0.207. The fraction of sp³-hybridized carbons (Fsp3) is 0.0714. The van der Waals surface area contributed by atoms with Gasteiger partial charge >= 0.3 is 0 Å². The van der Waals surface area contributed by atoms with E-state index in [0.29, 0.717) is 17.8 Å². The Bertz CT molecular complexity index is 609. The highest BCUT2D eigenvalue weighted by atomic mass is 16.4. The molecule has 0 saturated carbocycles. The molecule has 2 aromatic rings. The Kier molecular flexibility index (Phi) is 4.28. The Morgan fingerprint density at radius 1 is 1.25 bits per heavy atom. The molecule has 1 aromatic carbocycles. The minimum Gasteiger partial charge on any atom is -0.409 e. The largest absolute Gasteiger partial charge is 0.409 e. The van der Waals surface area contributed by atoms with Crippen LogP contribution in [0.15, 0.2) is 53.8 Å². The molecule has 0 spiro atoms. The molecule has 0 aliphatic heterocycles. The Morgan fingerprint density at radius 2 is 2.00 bits per heavy atom. The highest BCUT2D eigenvalue weighted by Crippen LogP contribution is 2.08. The summed E-state index contributed by atoms with van der Waals surface area (Å²) in [6.07, 6.45) is 1.75. The lowest BCUT2D eigenvalue weighted by atomic mass is 10.1. The van der Waals surface area contributed by atoms with Gasteiger partial charge in [-0.3, -0.25) is 9.78 Å². The first kappa shape index (κ1) is 13.5. The number of nitrogens with zero attached hydrogens (tertiary/aromatic N) is 2. The van der Waals surface area contributed by atoms with Crippen LogP contribution >= 0.6 is 0 Å². The van der Waals surface area contributed by atoms with Crippen molar-refractivity contribution in [1.82, 2.24) is 4.98 Å². The third-order valence-corrected chi connectivity index (χ3v) is 2.62. The summed E-state index contributed by atoms with van der Waals surface area (Å²) in [7, 11) is 0. The highest BCUT2D eigenvalue weighted by molar-refractivity contribution is 5.96. The molecule has 1 amide bonds. The van der Waals surface area contributed by atoms with Crippen molar-refractivity contribution in [1.29, 1.82) is 0 Å². The summed E-state index contributed by atoms with van der Waals surface area (Å²) in [6, 6.07) is 12.7. The number of carbonyl (C=O) groups is 1. The molecule has 20 heavy (non-hydrogen) atoms. The van der Waals surface area contributed by atoms with E-state index in [1.807, 2.05) is 30.3 Å². The molecule has 1 aromatic heterocycles. The minimum absolute atomic E-state index is 0.0767. The van der Waals surface area contributed by atoms with Crippen LogP contribution in [0, 0.1) is 0 Å². The Hall–Kier alpha value is -2.89. The molecule has 6 heteroatoms. The van der Waals surface area contributed by atoms with Crippen molar-refractivity contribution < 1.29 is 10.0 Å². The quantitative estimate of drug-likeness (QED) is 0.338. The van der Waals surface area contributed by atoms with E-state index >= 15 is 0 Å². The Balaban J connectivity index is 1.98. The second-order valence-corrected chi connectivity index (χ2v) is 4.13. The van der Waals surface area contributed by atoms with Crippen LogP contribution in [0.4, 0.5) is 5.69 Å². The van der Waals surface area contributed by atoms with Gasteiger partial charge in [0.25, 0.3) is 0 Å². The molecule has 0 atom stereocenters. The number of hydrogen-bond acceptors (Lipinski definition) is 4. The van der Waals surface area contributed by atoms with Crippen molar-refractivity contribution in [3.05, 3.63) is 59.9 Å². The lowest BCUT2D eigenvalue weighted by Crippen LogP contribution is -2.17. The molecule has 1 heterocycles. The Labute approximate surface area is 115 Å². The molecule has 0 radical (unpaired) electrons. The number of benzene rings is 1. The lowest BCUT2D eigenvalue weighted by Gasteiger charge is -2.05. The van der Waals surface area contributed by atoms with Crippen LogP contribution in [0.2, 0.25) is 0 Å². The van der Waals surface area contributed by atoms with E-state index < -0.39 is 0 Å². The van der Waals surface area contributed by atoms with E-state index in [-0.39, 0.29) is 11.7 Å². The first-order valence-corrected chi connectivity index (χ1v) is 5.97. The lowest BCUT2D eigenvalue weighted by molar-refractivity contribution is -0.115. The van der Waals surface area contributed by atoms with Crippen LogP contribution in [0.3, 0.4) is 0 Å². The van der Waals surface area contributed by atoms with Crippen molar-refractivity contribution in [3.63, 3.8) is 0 Å². The van der Waals surface area contributed by atoms with Gasteiger partial charge < -0.3 is 16.3 Å². The summed E-state index contributed by atoms with van der Waals surface area (Å²) in [6.45, 7) is 0. The van der Waals surface area contributed by atoms with Gasteiger partial charge in [0, 0.05) is 0 Å². The van der Waals surface area contributed by atoms with Gasteiger partial charge in [-0.25, -0.2) is 0 Å². The zero-order chi connectivity index (χ0) is 14.4. The van der Waals surface area contributed by atoms with E-state index in [1.165, 1.54) is 6.20 Å². The third-order valence-electron chi connectivity index (χ3n) is 2.62. The number of anilines is 1. The number of aromatic nitrogens is 1. The predicted octanol–water partition coefficient (Wildman–Crippen LogP) is 1.36. The van der Waals surface area contributed by atoms with Gasteiger partial charge in [-0.2, -0.15) is 0 Å². The fourth-order valence-electron chi connectivity index (χ4n) is 1.66. The van der Waals surface area contributed by atoms with Crippen LogP contribution in [-0.2, 0) is 11.2 Å². The van der Waals surface area contributed by atoms with Crippen LogP contribution < -0.4 is 11.1 Å². The molecule has 0 saturated heterocycles. The first-order chi connectivity index (χ1) is 9.69. The second-order valence-electron chi connectivity index (χ2n) is 4.13. The van der Waals surface area contributed by atoms with E-state index in [1.54, 1.807) is 12.1 Å². The van der Waals surface area contributed by atoms with Crippen LogP contribution in [0.1, 0.15) is 11.3 Å². The predicted molar refractivity (Wildman–Crippen MR) is 75.5 cm³/mol. The Morgan fingerprint density at radius 3 is 2.60 bits per heavy atom. The van der Waals surface area contributed by atoms with Gasteiger partial charge in [-0.05, 0) is 17.7 Å². The zero-order valence-corrected chi connectivity index (χ0v) is 10.7. The topological polar surface area (TPSA) is 101 Å². The SMILES string of the molecule is N/C(=N/O)c1ccc(NC(=O)Cc2ccccc2)cn1. The van der Waals surface area contributed by atoms with Gasteiger partial charge in [0.15, 0.2) is 5.84 Å². The second kappa shape index (κ2) is 6.33. The maximum atomic E-state index is 11.8. The van der Waals surface area contributed by atoms with Crippen molar-refractivity contribution in [2.24, 2.45) is 10.9 Å². The van der Waals surface area contributed by atoms with Crippen LogP contribution in [0.5, 0.6) is 0 Å².